The smallest absolute Gasteiger partial charge is 0.0273 e. The molecule has 1 unspecified atom stereocenters. The van der Waals surface area contributed by atoms with Crippen molar-refractivity contribution in [1.29, 1.82) is 0 Å². The Labute approximate surface area is 139 Å². The van der Waals surface area contributed by atoms with Crippen LogP contribution in [0.4, 0.5) is 0 Å². The second kappa shape index (κ2) is 8.28. The van der Waals surface area contributed by atoms with E-state index in [-0.39, 0.29) is 12.4 Å². The molecule has 1 fully saturated rings. The first-order valence-corrected chi connectivity index (χ1v) is 7.74. The average Bonchev–Trinajstić information content (AvgIpc) is 2.56. The van der Waals surface area contributed by atoms with Crippen LogP contribution in [0.2, 0.25) is 0 Å². The van der Waals surface area contributed by atoms with Gasteiger partial charge in [-0.1, -0.05) is 18.2 Å². The van der Waals surface area contributed by atoms with Crippen molar-refractivity contribution >= 4 is 12.4 Å². The molecule has 1 saturated heterocycles. The first kappa shape index (κ1) is 16.9. The molecule has 1 atom stereocenters. The molecule has 2 heterocycles. The van der Waals surface area contributed by atoms with Gasteiger partial charge in [-0.3, -0.25) is 9.88 Å². The fraction of sp³-hybridized carbons (Fsp3) is 0.389. The Morgan fingerprint density at radius 1 is 1.18 bits per heavy atom. The average molecular weight is 318 g/mol. The van der Waals surface area contributed by atoms with Crippen LogP contribution in [0.15, 0.2) is 48.8 Å². The van der Waals surface area contributed by atoms with E-state index in [0.29, 0.717) is 6.04 Å². The minimum absolute atomic E-state index is 0. The van der Waals surface area contributed by atoms with Gasteiger partial charge in [0.15, 0.2) is 0 Å². The molecule has 3 rings (SSSR count). The molecule has 1 aromatic heterocycles. The second-order valence-electron chi connectivity index (χ2n) is 5.80. The molecule has 4 heteroatoms. The van der Waals surface area contributed by atoms with Crippen molar-refractivity contribution in [2.45, 2.75) is 25.4 Å². The highest BCUT2D eigenvalue weighted by Gasteiger charge is 2.18. The van der Waals surface area contributed by atoms with Crippen LogP contribution < -0.4 is 5.32 Å². The molecule has 1 aliphatic heterocycles. The minimum Gasteiger partial charge on any atom is -0.316 e. The van der Waals surface area contributed by atoms with Crippen LogP contribution in [0, 0.1) is 0 Å². The van der Waals surface area contributed by atoms with Crippen LogP contribution in [-0.2, 0) is 6.54 Å². The Morgan fingerprint density at radius 2 is 2.00 bits per heavy atom. The van der Waals surface area contributed by atoms with Gasteiger partial charge in [0.05, 0.1) is 0 Å². The highest BCUT2D eigenvalue weighted by molar-refractivity contribution is 5.85. The van der Waals surface area contributed by atoms with E-state index in [1.165, 1.54) is 36.1 Å². The van der Waals surface area contributed by atoms with Gasteiger partial charge in [-0.25, -0.2) is 0 Å². The van der Waals surface area contributed by atoms with Crippen molar-refractivity contribution in [1.82, 2.24) is 15.2 Å². The highest BCUT2D eigenvalue weighted by atomic mass is 35.5. The van der Waals surface area contributed by atoms with Crippen molar-refractivity contribution < 1.29 is 0 Å². The summed E-state index contributed by atoms with van der Waals surface area (Å²) in [5, 5.41) is 3.41. The van der Waals surface area contributed by atoms with Gasteiger partial charge in [0.2, 0.25) is 0 Å². The molecule has 0 radical (unpaired) electrons. The summed E-state index contributed by atoms with van der Waals surface area (Å²) in [4.78, 5) is 6.64. The van der Waals surface area contributed by atoms with E-state index < -0.39 is 0 Å². The first-order valence-electron chi connectivity index (χ1n) is 7.74. The molecule has 0 bridgehead atoms. The summed E-state index contributed by atoms with van der Waals surface area (Å²) in [6, 6.07) is 13.6. The SMILES string of the molecule is CNC1CCCN(Cc2cccc(-c3ccncc3)c2)C1.Cl. The summed E-state index contributed by atoms with van der Waals surface area (Å²) >= 11 is 0. The number of benzene rings is 1. The molecule has 0 spiro atoms. The fourth-order valence-corrected chi connectivity index (χ4v) is 3.09. The normalized spacial score (nSPS) is 18.7. The van der Waals surface area contributed by atoms with Crippen molar-refractivity contribution in [2.24, 2.45) is 0 Å². The van der Waals surface area contributed by atoms with E-state index in [9.17, 15) is 0 Å². The number of aromatic nitrogens is 1. The van der Waals surface area contributed by atoms with Crippen molar-refractivity contribution in [3.63, 3.8) is 0 Å². The van der Waals surface area contributed by atoms with Gasteiger partial charge in [-0.05, 0) is 61.3 Å². The maximum Gasteiger partial charge on any atom is 0.0273 e. The molecule has 22 heavy (non-hydrogen) atoms. The number of hydrogen-bond acceptors (Lipinski definition) is 3. The molecule has 118 valence electrons. The lowest BCUT2D eigenvalue weighted by molar-refractivity contribution is 0.188. The summed E-state index contributed by atoms with van der Waals surface area (Å²) in [7, 11) is 2.07. The molecule has 3 nitrogen and oxygen atoms in total. The number of nitrogens with one attached hydrogen (secondary N) is 1. The molecule has 0 amide bonds. The largest absolute Gasteiger partial charge is 0.316 e. The zero-order chi connectivity index (χ0) is 14.5. The summed E-state index contributed by atoms with van der Waals surface area (Å²) in [5.74, 6) is 0. The number of hydrogen-bond donors (Lipinski definition) is 1. The van der Waals surface area contributed by atoms with Crippen molar-refractivity contribution in [3.05, 3.63) is 54.4 Å². The summed E-state index contributed by atoms with van der Waals surface area (Å²) in [5.41, 5.74) is 3.90. The molecule has 0 saturated carbocycles. The number of halogens is 1. The van der Waals surface area contributed by atoms with E-state index in [2.05, 4.69) is 58.6 Å². The van der Waals surface area contributed by atoms with Crippen LogP contribution >= 0.6 is 12.4 Å². The Kier molecular flexibility index (Phi) is 6.37. The van der Waals surface area contributed by atoms with Gasteiger partial charge < -0.3 is 5.32 Å². The zero-order valence-corrected chi connectivity index (χ0v) is 13.9. The van der Waals surface area contributed by atoms with Gasteiger partial charge in [-0.15, -0.1) is 12.4 Å². The lowest BCUT2D eigenvalue weighted by atomic mass is 10.0. The van der Waals surface area contributed by atoms with E-state index in [1.54, 1.807) is 0 Å². The van der Waals surface area contributed by atoms with Crippen LogP contribution in [-0.4, -0.2) is 36.1 Å². The monoisotopic (exact) mass is 317 g/mol. The molecule has 2 aromatic rings. The van der Waals surface area contributed by atoms with Gasteiger partial charge >= 0.3 is 0 Å². The third-order valence-corrected chi connectivity index (χ3v) is 4.26. The van der Waals surface area contributed by atoms with Crippen LogP contribution in [0.25, 0.3) is 11.1 Å². The van der Waals surface area contributed by atoms with E-state index in [0.717, 1.165) is 13.1 Å². The van der Waals surface area contributed by atoms with Gasteiger partial charge in [0.1, 0.15) is 0 Å². The summed E-state index contributed by atoms with van der Waals surface area (Å²) < 4.78 is 0. The Hall–Kier alpha value is -1.42. The molecule has 1 aromatic carbocycles. The van der Waals surface area contributed by atoms with Crippen LogP contribution in [0.5, 0.6) is 0 Å². The van der Waals surface area contributed by atoms with Gasteiger partial charge in [0, 0.05) is 31.5 Å². The Bertz CT molecular complexity index is 574. The molecule has 1 N–H and O–H groups in total. The fourth-order valence-electron chi connectivity index (χ4n) is 3.09. The van der Waals surface area contributed by atoms with Gasteiger partial charge in [0.25, 0.3) is 0 Å². The predicted octanol–water partition coefficient (Wildman–Crippen LogP) is 3.35. The summed E-state index contributed by atoms with van der Waals surface area (Å²) in [6.07, 6.45) is 6.29. The number of pyridine rings is 1. The topological polar surface area (TPSA) is 28.2 Å². The molecular formula is C18H24ClN3. The first-order chi connectivity index (χ1) is 10.3. The third-order valence-electron chi connectivity index (χ3n) is 4.26. The Morgan fingerprint density at radius 3 is 2.77 bits per heavy atom. The summed E-state index contributed by atoms with van der Waals surface area (Å²) in [6.45, 7) is 3.39. The van der Waals surface area contributed by atoms with Crippen LogP contribution in [0.3, 0.4) is 0 Å². The van der Waals surface area contributed by atoms with Crippen molar-refractivity contribution in [3.8, 4) is 11.1 Å². The standard InChI is InChI=1S/C18H23N3.ClH/c1-19-18-6-3-11-21(14-18)13-15-4-2-5-17(12-15)16-7-9-20-10-8-16;/h2,4-5,7-10,12,18-19H,3,6,11,13-14H2,1H3;1H. The van der Waals surface area contributed by atoms with E-state index >= 15 is 0 Å². The lowest BCUT2D eigenvalue weighted by Crippen LogP contribution is -2.43. The third kappa shape index (κ3) is 4.29. The molecule has 1 aliphatic rings. The van der Waals surface area contributed by atoms with E-state index in [1.807, 2.05) is 12.4 Å². The quantitative estimate of drug-likeness (QED) is 0.937. The maximum atomic E-state index is 4.09. The van der Waals surface area contributed by atoms with Gasteiger partial charge in [-0.2, -0.15) is 0 Å². The second-order valence-corrected chi connectivity index (χ2v) is 5.80. The number of likely N-dealkylation sites (tertiary alicyclic amines) is 1. The van der Waals surface area contributed by atoms with E-state index in [4.69, 9.17) is 0 Å². The van der Waals surface area contributed by atoms with Crippen LogP contribution in [0.1, 0.15) is 18.4 Å². The molecule has 0 aliphatic carbocycles. The maximum absolute atomic E-state index is 4.09. The zero-order valence-electron chi connectivity index (χ0n) is 13.0. The highest BCUT2D eigenvalue weighted by Crippen LogP contribution is 2.21. The molecular weight excluding hydrogens is 294 g/mol. The Balaban J connectivity index is 0.00000176. The number of nitrogens with zero attached hydrogens (tertiary/aromatic N) is 2. The lowest BCUT2D eigenvalue weighted by Gasteiger charge is -2.32. The number of piperidine rings is 1. The van der Waals surface area contributed by atoms with Crippen molar-refractivity contribution in [2.75, 3.05) is 20.1 Å². The number of likely N-dealkylation sites (N-methyl/N-ethyl adjacent to an activating group) is 1. The number of rotatable bonds is 4. The predicted molar refractivity (Wildman–Crippen MR) is 94.3 cm³/mol. The minimum atomic E-state index is 0.